The zero-order valence-corrected chi connectivity index (χ0v) is 16.2. The molecule has 7 heteroatoms. The number of thiazole rings is 1. The third-order valence-corrected chi connectivity index (χ3v) is 5.91. The minimum Gasteiger partial charge on any atom is -0.467 e. The third kappa shape index (κ3) is 3.65. The Morgan fingerprint density at radius 2 is 1.85 bits per heavy atom. The summed E-state index contributed by atoms with van der Waals surface area (Å²) in [5.41, 5.74) is 1.44. The summed E-state index contributed by atoms with van der Waals surface area (Å²) in [4.78, 5) is 18.9. The van der Waals surface area contributed by atoms with Crippen molar-refractivity contribution in [2.75, 3.05) is 13.1 Å². The quantitative estimate of drug-likeness (QED) is 0.593. The highest BCUT2D eigenvalue weighted by Gasteiger charge is 2.25. The largest absolute Gasteiger partial charge is 0.467 e. The third-order valence-electron chi connectivity index (χ3n) is 4.44. The van der Waals surface area contributed by atoms with Gasteiger partial charge >= 0.3 is 0 Å². The van der Waals surface area contributed by atoms with E-state index in [4.69, 9.17) is 27.9 Å². The zero-order valence-electron chi connectivity index (χ0n) is 13.8. The minimum atomic E-state index is 0.0342. The van der Waals surface area contributed by atoms with Crippen molar-refractivity contribution in [1.82, 2.24) is 9.88 Å². The number of aromatic nitrogens is 1. The molecule has 26 heavy (non-hydrogen) atoms. The fourth-order valence-corrected chi connectivity index (χ4v) is 4.35. The van der Waals surface area contributed by atoms with E-state index < -0.39 is 0 Å². The first-order valence-corrected chi connectivity index (χ1v) is 9.94. The van der Waals surface area contributed by atoms with Gasteiger partial charge in [-0.1, -0.05) is 40.6 Å². The van der Waals surface area contributed by atoms with Crippen LogP contribution in [0, 0.1) is 0 Å². The van der Waals surface area contributed by atoms with Crippen LogP contribution in [0.3, 0.4) is 0 Å². The number of amides is 1. The number of ether oxygens (including phenoxy) is 1. The number of hydrogen-bond acceptors (Lipinski definition) is 4. The molecule has 0 N–H and O–H groups in total. The smallest absolute Gasteiger partial charge is 0.274 e. The standard InChI is InChI=1S/C19H16Cl2N2O2S/c20-13-6-4-12(5-7-13)18(24)23-10-8-14(9-11-23)25-19-22-17-15(21)2-1-3-16(17)26-19/h1-7,14H,8-11H2. The number of carbonyl (C=O) groups excluding carboxylic acids is 1. The van der Waals surface area contributed by atoms with E-state index in [9.17, 15) is 4.79 Å². The summed E-state index contributed by atoms with van der Waals surface area (Å²) in [5, 5.41) is 1.90. The van der Waals surface area contributed by atoms with Crippen LogP contribution in [0.1, 0.15) is 23.2 Å². The highest BCUT2D eigenvalue weighted by molar-refractivity contribution is 7.20. The maximum absolute atomic E-state index is 12.5. The Kier molecular flexibility index (Phi) is 5.02. The summed E-state index contributed by atoms with van der Waals surface area (Å²) < 4.78 is 7.05. The van der Waals surface area contributed by atoms with Crippen LogP contribution < -0.4 is 4.74 Å². The van der Waals surface area contributed by atoms with Gasteiger partial charge in [0, 0.05) is 36.5 Å². The molecule has 1 aliphatic rings. The molecule has 134 valence electrons. The molecule has 0 atom stereocenters. The summed E-state index contributed by atoms with van der Waals surface area (Å²) in [6.45, 7) is 1.33. The molecular formula is C19H16Cl2N2O2S. The highest BCUT2D eigenvalue weighted by Crippen LogP contribution is 2.33. The van der Waals surface area contributed by atoms with E-state index in [0.29, 0.717) is 33.9 Å². The Bertz CT molecular complexity index is 934. The van der Waals surface area contributed by atoms with E-state index in [0.717, 1.165) is 23.1 Å². The monoisotopic (exact) mass is 406 g/mol. The molecule has 0 spiro atoms. The van der Waals surface area contributed by atoms with Crippen molar-refractivity contribution in [3.63, 3.8) is 0 Å². The molecule has 2 heterocycles. The van der Waals surface area contributed by atoms with Crippen LogP contribution >= 0.6 is 34.5 Å². The first-order valence-electron chi connectivity index (χ1n) is 8.37. The Labute approximate surface area is 165 Å². The van der Waals surface area contributed by atoms with Crippen LogP contribution in [0.15, 0.2) is 42.5 Å². The van der Waals surface area contributed by atoms with Crippen molar-refractivity contribution in [3.8, 4) is 5.19 Å². The molecule has 0 radical (unpaired) electrons. The van der Waals surface area contributed by atoms with Crippen molar-refractivity contribution in [1.29, 1.82) is 0 Å². The Balaban J connectivity index is 1.37. The van der Waals surface area contributed by atoms with Crippen molar-refractivity contribution >= 4 is 50.7 Å². The topological polar surface area (TPSA) is 42.4 Å². The lowest BCUT2D eigenvalue weighted by Gasteiger charge is -2.31. The highest BCUT2D eigenvalue weighted by atomic mass is 35.5. The molecule has 4 rings (SSSR count). The number of hydrogen-bond donors (Lipinski definition) is 0. The average molecular weight is 407 g/mol. The normalized spacial score (nSPS) is 15.4. The number of rotatable bonds is 3. The molecular weight excluding hydrogens is 391 g/mol. The minimum absolute atomic E-state index is 0.0342. The molecule has 3 aromatic rings. The van der Waals surface area contributed by atoms with Gasteiger partial charge in [0.2, 0.25) is 0 Å². The molecule has 1 saturated heterocycles. The fourth-order valence-electron chi connectivity index (χ4n) is 3.04. The molecule has 1 amide bonds. The van der Waals surface area contributed by atoms with Gasteiger partial charge in [-0.2, -0.15) is 0 Å². The zero-order chi connectivity index (χ0) is 18.1. The van der Waals surface area contributed by atoms with Crippen molar-refractivity contribution in [2.24, 2.45) is 0 Å². The molecule has 0 saturated carbocycles. The predicted molar refractivity (Wildman–Crippen MR) is 106 cm³/mol. The number of carbonyl (C=O) groups is 1. The first-order chi connectivity index (χ1) is 12.6. The summed E-state index contributed by atoms with van der Waals surface area (Å²) in [6.07, 6.45) is 1.62. The summed E-state index contributed by atoms with van der Waals surface area (Å²) in [5.74, 6) is 0.0342. The Morgan fingerprint density at radius 3 is 2.54 bits per heavy atom. The number of likely N-dealkylation sites (tertiary alicyclic amines) is 1. The van der Waals surface area contributed by atoms with Gasteiger partial charge in [0.15, 0.2) is 0 Å². The summed E-state index contributed by atoms with van der Waals surface area (Å²) >= 11 is 13.6. The van der Waals surface area contributed by atoms with E-state index in [1.807, 2.05) is 23.1 Å². The second-order valence-corrected chi connectivity index (χ2v) is 8.02. The molecule has 1 aromatic heterocycles. The second-order valence-electron chi connectivity index (χ2n) is 6.18. The van der Waals surface area contributed by atoms with Gasteiger partial charge in [0.05, 0.1) is 9.72 Å². The number of benzene rings is 2. The molecule has 0 bridgehead atoms. The van der Waals surface area contributed by atoms with Crippen LogP contribution in [0.2, 0.25) is 10.0 Å². The molecule has 4 nitrogen and oxygen atoms in total. The molecule has 1 fully saturated rings. The van der Waals surface area contributed by atoms with Gasteiger partial charge < -0.3 is 9.64 Å². The average Bonchev–Trinajstić information content (AvgIpc) is 3.06. The number of nitrogens with zero attached hydrogens (tertiary/aromatic N) is 2. The molecule has 0 unspecified atom stereocenters. The Morgan fingerprint density at radius 1 is 1.12 bits per heavy atom. The van der Waals surface area contributed by atoms with Crippen LogP contribution in [-0.4, -0.2) is 35.0 Å². The second kappa shape index (κ2) is 7.43. The maximum atomic E-state index is 12.5. The van der Waals surface area contributed by atoms with E-state index in [1.54, 1.807) is 24.3 Å². The van der Waals surface area contributed by atoms with Crippen LogP contribution in [0.4, 0.5) is 0 Å². The molecule has 0 aliphatic carbocycles. The molecule has 2 aromatic carbocycles. The van der Waals surface area contributed by atoms with Crippen LogP contribution in [-0.2, 0) is 0 Å². The number of para-hydroxylation sites is 1. The van der Waals surface area contributed by atoms with E-state index in [2.05, 4.69) is 4.98 Å². The fraction of sp³-hybridized carbons (Fsp3) is 0.263. The van der Waals surface area contributed by atoms with Gasteiger partial charge in [-0.3, -0.25) is 4.79 Å². The Hall–Kier alpha value is -1.82. The van der Waals surface area contributed by atoms with Crippen molar-refractivity contribution in [3.05, 3.63) is 58.1 Å². The van der Waals surface area contributed by atoms with Crippen LogP contribution in [0.5, 0.6) is 5.19 Å². The van der Waals surface area contributed by atoms with Gasteiger partial charge in [-0.05, 0) is 36.4 Å². The van der Waals surface area contributed by atoms with Gasteiger partial charge in [-0.25, -0.2) is 4.98 Å². The number of fused-ring (bicyclic) bond motifs is 1. The predicted octanol–water partition coefficient (Wildman–Crippen LogP) is 5.29. The van der Waals surface area contributed by atoms with Gasteiger partial charge in [0.1, 0.15) is 11.6 Å². The molecule has 1 aliphatic heterocycles. The van der Waals surface area contributed by atoms with Gasteiger partial charge in [0.25, 0.3) is 11.1 Å². The summed E-state index contributed by atoms with van der Waals surface area (Å²) in [6, 6.07) is 12.7. The van der Waals surface area contributed by atoms with Gasteiger partial charge in [-0.15, -0.1) is 0 Å². The van der Waals surface area contributed by atoms with E-state index in [1.165, 1.54) is 11.3 Å². The lowest BCUT2D eigenvalue weighted by Crippen LogP contribution is -2.41. The number of piperidine rings is 1. The van der Waals surface area contributed by atoms with Crippen molar-refractivity contribution in [2.45, 2.75) is 18.9 Å². The summed E-state index contributed by atoms with van der Waals surface area (Å²) in [7, 11) is 0. The maximum Gasteiger partial charge on any atom is 0.274 e. The van der Waals surface area contributed by atoms with E-state index >= 15 is 0 Å². The van der Waals surface area contributed by atoms with E-state index in [-0.39, 0.29) is 12.0 Å². The first kappa shape index (κ1) is 17.6. The number of halogens is 2. The van der Waals surface area contributed by atoms with Crippen molar-refractivity contribution < 1.29 is 9.53 Å². The SMILES string of the molecule is O=C(c1ccc(Cl)cc1)N1CCC(Oc2nc3c(Cl)cccc3s2)CC1. The lowest BCUT2D eigenvalue weighted by molar-refractivity contribution is 0.0595. The lowest BCUT2D eigenvalue weighted by atomic mass is 10.1. The van der Waals surface area contributed by atoms with Crippen LogP contribution in [0.25, 0.3) is 10.2 Å².